The number of halogens is 1. The summed E-state index contributed by atoms with van der Waals surface area (Å²) in [7, 11) is 0. The molecule has 0 spiro atoms. The van der Waals surface area contributed by atoms with E-state index < -0.39 is 5.83 Å². The van der Waals surface area contributed by atoms with E-state index in [2.05, 4.69) is 13.2 Å². The van der Waals surface area contributed by atoms with E-state index in [-0.39, 0.29) is 0 Å². The summed E-state index contributed by atoms with van der Waals surface area (Å²) in [6.45, 7) is 11.6. The van der Waals surface area contributed by atoms with Crippen molar-refractivity contribution in [2.45, 2.75) is 6.92 Å². The molecule has 0 bridgehead atoms. The third kappa shape index (κ3) is 3.00. The molecule has 0 aromatic carbocycles. The van der Waals surface area contributed by atoms with Crippen LogP contribution in [-0.4, -0.2) is 31.2 Å². The lowest BCUT2D eigenvalue weighted by Gasteiger charge is -2.30. The lowest BCUT2D eigenvalue weighted by molar-refractivity contribution is 0.0535. The number of nitrogens with zero attached hydrogens (tertiary/aromatic N) is 1. The van der Waals surface area contributed by atoms with Gasteiger partial charge in [-0.25, -0.2) is 4.39 Å². The molecule has 2 nitrogen and oxygen atoms in total. The van der Waals surface area contributed by atoms with Gasteiger partial charge < -0.3 is 9.64 Å². The van der Waals surface area contributed by atoms with Gasteiger partial charge in [0.05, 0.1) is 18.9 Å². The first-order valence-corrected chi connectivity index (χ1v) is 4.66. The fourth-order valence-electron chi connectivity index (χ4n) is 1.38. The predicted molar refractivity (Wildman–Crippen MR) is 55.5 cm³/mol. The van der Waals surface area contributed by atoms with Crippen LogP contribution in [0.1, 0.15) is 6.92 Å². The van der Waals surface area contributed by atoms with Crippen LogP contribution < -0.4 is 0 Å². The molecule has 78 valence electrons. The van der Waals surface area contributed by atoms with Crippen LogP contribution >= 0.6 is 0 Å². The molecule has 1 heterocycles. The molecule has 0 aromatic rings. The van der Waals surface area contributed by atoms with Gasteiger partial charge in [0.2, 0.25) is 0 Å². The Hall–Kier alpha value is -1.09. The Morgan fingerprint density at radius 3 is 2.36 bits per heavy atom. The van der Waals surface area contributed by atoms with Crippen LogP contribution in [0, 0.1) is 0 Å². The zero-order valence-electron chi connectivity index (χ0n) is 8.55. The minimum absolute atomic E-state index is 0.408. The van der Waals surface area contributed by atoms with Crippen molar-refractivity contribution in [3.8, 4) is 0 Å². The highest BCUT2D eigenvalue weighted by atomic mass is 19.1. The maximum atomic E-state index is 13.1. The molecule has 0 saturated carbocycles. The fraction of sp³-hybridized carbons (Fsp3) is 0.455. The quantitative estimate of drug-likeness (QED) is 0.643. The molecule has 0 aliphatic carbocycles. The molecule has 0 atom stereocenters. The first-order chi connectivity index (χ1) is 6.61. The van der Waals surface area contributed by atoms with Crippen molar-refractivity contribution in [3.63, 3.8) is 0 Å². The number of allylic oxidation sites excluding steroid dienone is 3. The molecule has 1 aliphatic heterocycles. The standard InChI is InChI=1S/C11H16FNO/c1-9(2)8-11(10(3)12)13-4-6-14-7-5-13/h8H,1,3-7H2,2H3/b11-8+. The first kappa shape index (κ1) is 11.0. The molecule has 1 aliphatic rings. The monoisotopic (exact) mass is 197 g/mol. The number of hydrogen-bond donors (Lipinski definition) is 0. The van der Waals surface area contributed by atoms with Crippen LogP contribution in [0.25, 0.3) is 0 Å². The van der Waals surface area contributed by atoms with Gasteiger partial charge in [-0.1, -0.05) is 18.7 Å². The smallest absolute Gasteiger partial charge is 0.139 e. The van der Waals surface area contributed by atoms with Crippen LogP contribution in [0.4, 0.5) is 4.39 Å². The minimum Gasteiger partial charge on any atom is -0.378 e. The van der Waals surface area contributed by atoms with E-state index in [9.17, 15) is 4.39 Å². The summed E-state index contributed by atoms with van der Waals surface area (Å²) < 4.78 is 18.3. The highest BCUT2D eigenvalue weighted by Gasteiger charge is 2.15. The van der Waals surface area contributed by atoms with Crippen molar-refractivity contribution in [2.75, 3.05) is 26.3 Å². The topological polar surface area (TPSA) is 12.5 Å². The molecule has 1 rings (SSSR count). The fourth-order valence-corrected chi connectivity index (χ4v) is 1.38. The average molecular weight is 197 g/mol. The summed E-state index contributed by atoms with van der Waals surface area (Å²) in [5.74, 6) is -0.408. The van der Waals surface area contributed by atoms with Crippen molar-refractivity contribution in [1.82, 2.24) is 4.90 Å². The maximum absolute atomic E-state index is 13.1. The van der Waals surface area contributed by atoms with Crippen molar-refractivity contribution in [2.24, 2.45) is 0 Å². The summed E-state index contributed by atoms with van der Waals surface area (Å²) in [6.07, 6.45) is 1.72. The Morgan fingerprint density at radius 1 is 1.36 bits per heavy atom. The summed E-state index contributed by atoms with van der Waals surface area (Å²) in [4.78, 5) is 1.93. The van der Waals surface area contributed by atoms with Crippen LogP contribution in [0.15, 0.2) is 36.3 Å². The van der Waals surface area contributed by atoms with Gasteiger partial charge in [-0.05, 0) is 13.0 Å². The SMILES string of the molecule is C=C(C)/C=C(\C(=C)F)N1CCOCC1. The van der Waals surface area contributed by atoms with Crippen LogP contribution in [0.5, 0.6) is 0 Å². The van der Waals surface area contributed by atoms with E-state index in [4.69, 9.17) is 4.74 Å². The van der Waals surface area contributed by atoms with Crippen LogP contribution in [-0.2, 0) is 4.74 Å². The van der Waals surface area contributed by atoms with E-state index in [0.29, 0.717) is 32.0 Å². The molecular formula is C11H16FNO. The Morgan fingerprint density at radius 2 is 1.93 bits per heavy atom. The van der Waals surface area contributed by atoms with Gasteiger partial charge in [0, 0.05) is 13.1 Å². The first-order valence-electron chi connectivity index (χ1n) is 4.66. The second-order valence-electron chi connectivity index (χ2n) is 3.38. The van der Waals surface area contributed by atoms with Gasteiger partial charge in [0.15, 0.2) is 0 Å². The Balaban J connectivity index is 2.76. The normalized spacial score (nSPS) is 18.1. The highest BCUT2D eigenvalue weighted by Crippen LogP contribution is 2.18. The zero-order valence-corrected chi connectivity index (χ0v) is 8.55. The van der Waals surface area contributed by atoms with E-state index in [1.165, 1.54) is 0 Å². The Kier molecular flexibility index (Phi) is 3.89. The third-order valence-electron chi connectivity index (χ3n) is 2.01. The summed E-state index contributed by atoms with van der Waals surface area (Å²) >= 11 is 0. The molecular weight excluding hydrogens is 181 g/mol. The molecule has 1 fully saturated rings. The lowest BCUT2D eigenvalue weighted by Crippen LogP contribution is -2.35. The molecule has 0 aromatic heterocycles. The molecule has 0 unspecified atom stereocenters. The van der Waals surface area contributed by atoms with Crippen molar-refractivity contribution < 1.29 is 9.13 Å². The molecule has 3 heteroatoms. The van der Waals surface area contributed by atoms with Gasteiger partial charge in [0.25, 0.3) is 0 Å². The van der Waals surface area contributed by atoms with E-state index in [0.717, 1.165) is 5.57 Å². The average Bonchev–Trinajstić information content (AvgIpc) is 2.15. The summed E-state index contributed by atoms with van der Waals surface area (Å²) in [5.41, 5.74) is 1.35. The van der Waals surface area contributed by atoms with Crippen molar-refractivity contribution in [1.29, 1.82) is 0 Å². The van der Waals surface area contributed by atoms with Crippen LogP contribution in [0.3, 0.4) is 0 Å². The van der Waals surface area contributed by atoms with Crippen molar-refractivity contribution in [3.05, 3.63) is 36.3 Å². The van der Waals surface area contributed by atoms with E-state index in [1.807, 2.05) is 11.8 Å². The molecule has 14 heavy (non-hydrogen) atoms. The van der Waals surface area contributed by atoms with Gasteiger partial charge in [-0.15, -0.1) is 0 Å². The van der Waals surface area contributed by atoms with Gasteiger partial charge in [-0.2, -0.15) is 0 Å². The predicted octanol–water partition coefficient (Wildman–Crippen LogP) is 2.26. The van der Waals surface area contributed by atoms with E-state index in [1.54, 1.807) is 6.08 Å². The maximum Gasteiger partial charge on any atom is 0.139 e. The summed E-state index contributed by atoms with van der Waals surface area (Å²) in [6, 6.07) is 0. The Bertz CT molecular complexity index is 264. The minimum atomic E-state index is -0.408. The number of ether oxygens (including phenoxy) is 1. The summed E-state index contributed by atoms with van der Waals surface area (Å²) in [5, 5.41) is 0. The molecule has 0 amide bonds. The zero-order chi connectivity index (χ0) is 10.6. The molecule has 1 saturated heterocycles. The van der Waals surface area contributed by atoms with Gasteiger partial charge in [0.1, 0.15) is 5.83 Å². The number of morpholine rings is 1. The third-order valence-corrected chi connectivity index (χ3v) is 2.01. The van der Waals surface area contributed by atoms with Crippen LogP contribution in [0.2, 0.25) is 0 Å². The number of hydrogen-bond acceptors (Lipinski definition) is 2. The highest BCUT2D eigenvalue weighted by molar-refractivity contribution is 5.29. The van der Waals surface area contributed by atoms with Gasteiger partial charge in [-0.3, -0.25) is 0 Å². The second kappa shape index (κ2) is 4.96. The largest absolute Gasteiger partial charge is 0.378 e. The van der Waals surface area contributed by atoms with Crippen molar-refractivity contribution >= 4 is 0 Å². The number of rotatable bonds is 3. The molecule has 0 N–H and O–H groups in total. The molecule has 0 radical (unpaired) electrons. The lowest BCUT2D eigenvalue weighted by atomic mass is 10.2. The van der Waals surface area contributed by atoms with Gasteiger partial charge >= 0.3 is 0 Å². The van der Waals surface area contributed by atoms with E-state index >= 15 is 0 Å². The second-order valence-corrected chi connectivity index (χ2v) is 3.38. The Labute approximate surface area is 84.4 Å².